The highest BCUT2D eigenvalue weighted by atomic mass is 16.5. The fourth-order valence-corrected chi connectivity index (χ4v) is 4.03. The largest absolute Gasteiger partial charge is 0.381 e. The second-order valence-corrected chi connectivity index (χ2v) is 7.48. The number of nitrogens with zero attached hydrogens (tertiary/aromatic N) is 2. The van der Waals surface area contributed by atoms with Crippen molar-refractivity contribution in [3.05, 3.63) is 17.5 Å². The molecule has 3 aliphatic rings. The Hall–Kier alpha value is -1.44. The topological polar surface area (TPSA) is 74.0 Å². The highest BCUT2D eigenvalue weighted by Crippen LogP contribution is 2.40. The van der Waals surface area contributed by atoms with Gasteiger partial charge in [0.05, 0.1) is 19.7 Å². The molecule has 0 N–H and O–H groups in total. The van der Waals surface area contributed by atoms with Crippen LogP contribution in [0.5, 0.6) is 0 Å². The third kappa shape index (κ3) is 3.45. The van der Waals surface area contributed by atoms with Crippen LogP contribution in [0, 0.1) is 18.8 Å². The van der Waals surface area contributed by atoms with Crippen LogP contribution in [0.3, 0.4) is 0 Å². The van der Waals surface area contributed by atoms with Crippen LogP contribution in [0.1, 0.15) is 35.5 Å². The van der Waals surface area contributed by atoms with Gasteiger partial charge in [-0.15, -0.1) is 0 Å². The minimum atomic E-state index is -0.232. The Morgan fingerprint density at radius 1 is 1.28 bits per heavy atom. The van der Waals surface area contributed by atoms with E-state index in [1.165, 1.54) is 0 Å². The Labute approximate surface area is 147 Å². The maximum absolute atomic E-state index is 12.4. The van der Waals surface area contributed by atoms with Gasteiger partial charge in [-0.3, -0.25) is 4.79 Å². The first-order valence-electron chi connectivity index (χ1n) is 9.18. The lowest BCUT2D eigenvalue weighted by Crippen LogP contribution is -2.66. The van der Waals surface area contributed by atoms with Crippen molar-refractivity contribution in [2.75, 3.05) is 46.1 Å². The van der Waals surface area contributed by atoms with E-state index in [-0.39, 0.29) is 11.5 Å². The number of aryl methyl sites for hydroxylation is 1. The van der Waals surface area contributed by atoms with E-state index in [1.807, 2.05) is 0 Å². The summed E-state index contributed by atoms with van der Waals surface area (Å²) in [5, 5.41) is 3.81. The average Bonchev–Trinajstić information content (AvgIpc) is 3.20. The highest BCUT2D eigenvalue weighted by Gasteiger charge is 2.54. The Morgan fingerprint density at radius 3 is 2.80 bits per heavy atom. The molecule has 3 aliphatic heterocycles. The van der Waals surface area contributed by atoms with Crippen molar-refractivity contribution in [3.63, 3.8) is 0 Å². The van der Waals surface area contributed by atoms with Gasteiger partial charge in [-0.05, 0) is 32.1 Å². The molecule has 3 saturated heterocycles. The average molecular weight is 350 g/mol. The quantitative estimate of drug-likeness (QED) is 0.804. The van der Waals surface area contributed by atoms with Crippen molar-refractivity contribution in [2.24, 2.45) is 11.8 Å². The number of carbonyl (C=O) groups is 1. The second kappa shape index (κ2) is 7.05. The summed E-state index contributed by atoms with van der Waals surface area (Å²) in [5.74, 6) is 1.53. The van der Waals surface area contributed by atoms with Gasteiger partial charge in [0, 0.05) is 38.4 Å². The Bertz CT molecular complexity index is 604. The fraction of sp³-hybridized carbons (Fsp3) is 0.778. The monoisotopic (exact) mass is 350 g/mol. The van der Waals surface area contributed by atoms with Gasteiger partial charge in [-0.2, -0.15) is 0 Å². The third-order valence-corrected chi connectivity index (χ3v) is 5.66. The number of hydrogen-bond acceptors (Lipinski definition) is 6. The van der Waals surface area contributed by atoms with Gasteiger partial charge in [0.15, 0.2) is 5.69 Å². The Balaban J connectivity index is 1.26. The molecule has 0 saturated carbocycles. The molecule has 1 aromatic rings. The van der Waals surface area contributed by atoms with Crippen molar-refractivity contribution in [1.82, 2.24) is 10.1 Å². The number of amides is 1. The predicted molar refractivity (Wildman–Crippen MR) is 88.3 cm³/mol. The lowest BCUT2D eigenvalue weighted by molar-refractivity contribution is -0.130. The molecule has 138 valence electrons. The minimum Gasteiger partial charge on any atom is -0.381 e. The van der Waals surface area contributed by atoms with Gasteiger partial charge in [0.2, 0.25) is 0 Å². The first-order chi connectivity index (χ1) is 12.2. The molecule has 4 heterocycles. The van der Waals surface area contributed by atoms with Crippen LogP contribution >= 0.6 is 0 Å². The minimum absolute atomic E-state index is 0.0835. The molecule has 1 atom stereocenters. The van der Waals surface area contributed by atoms with Crippen molar-refractivity contribution in [2.45, 2.75) is 31.8 Å². The fourth-order valence-electron chi connectivity index (χ4n) is 4.03. The van der Waals surface area contributed by atoms with Gasteiger partial charge in [-0.1, -0.05) is 5.16 Å². The lowest BCUT2D eigenvalue weighted by atomic mass is 9.81. The molecule has 4 rings (SSSR count). The number of likely N-dealkylation sites (tertiary alicyclic amines) is 1. The van der Waals surface area contributed by atoms with Crippen LogP contribution in [0.25, 0.3) is 0 Å². The molecule has 0 aromatic carbocycles. The molecule has 7 nitrogen and oxygen atoms in total. The van der Waals surface area contributed by atoms with E-state index >= 15 is 0 Å². The number of hydrogen-bond donors (Lipinski definition) is 0. The van der Waals surface area contributed by atoms with Crippen LogP contribution in [-0.4, -0.2) is 67.7 Å². The summed E-state index contributed by atoms with van der Waals surface area (Å²) in [4.78, 5) is 14.2. The van der Waals surface area contributed by atoms with Gasteiger partial charge in [0.1, 0.15) is 11.4 Å². The number of aromatic nitrogens is 1. The molecule has 0 aliphatic carbocycles. The van der Waals surface area contributed by atoms with Crippen molar-refractivity contribution < 1.29 is 23.5 Å². The molecule has 1 spiro atoms. The molecular formula is C18H26N2O5. The molecule has 1 aromatic heterocycles. The summed E-state index contributed by atoms with van der Waals surface area (Å²) < 4.78 is 22.4. The molecule has 1 amide bonds. The Morgan fingerprint density at radius 2 is 2.08 bits per heavy atom. The molecule has 1 unspecified atom stereocenters. The second-order valence-electron chi connectivity index (χ2n) is 7.48. The third-order valence-electron chi connectivity index (χ3n) is 5.66. The van der Waals surface area contributed by atoms with Gasteiger partial charge in [-0.25, -0.2) is 0 Å². The van der Waals surface area contributed by atoms with Crippen LogP contribution in [0.2, 0.25) is 0 Å². The van der Waals surface area contributed by atoms with Crippen LogP contribution in [-0.2, 0) is 14.2 Å². The van der Waals surface area contributed by atoms with Gasteiger partial charge in [0.25, 0.3) is 5.91 Å². The summed E-state index contributed by atoms with van der Waals surface area (Å²) in [6, 6.07) is 1.68. The first kappa shape index (κ1) is 17.0. The van der Waals surface area contributed by atoms with Crippen molar-refractivity contribution in [3.8, 4) is 0 Å². The standard InChI is InChI=1S/C18H26N2O5/c1-13-8-16(19-25-13)17(21)20-11-18(12-20)15(4-7-24-18)10-23-9-14-2-5-22-6-3-14/h8,14-15H,2-7,9-12H2,1H3. The SMILES string of the molecule is Cc1cc(C(=O)N2CC3(C2)OCCC3COCC2CCOCC2)no1. The molecule has 0 radical (unpaired) electrons. The van der Waals surface area contributed by atoms with E-state index < -0.39 is 0 Å². The van der Waals surface area contributed by atoms with E-state index in [4.69, 9.17) is 18.7 Å². The maximum atomic E-state index is 12.4. The molecule has 25 heavy (non-hydrogen) atoms. The van der Waals surface area contributed by atoms with E-state index in [1.54, 1.807) is 17.9 Å². The normalized spacial score (nSPS) is 26.1. The molecule has 0 bridgehead atoms. The number of ether oxygens (including phenoxy) is 3. The smallest absolute Gasteiger partial charge is 0.276 e. The molecular weight excluding hydrogens is 324 g/mol. The maximum Gasteiger partial charge on any atom is 0.276 e. The summed E-state index contributed by atoms with van der Waals surface area (Å²) in [7, 11) is 0. The summed E-state index contributed by atoms with van der Waals surface area (Å²) in [5.41, 5.74) is 0.141. The highest BCUT2D eigenvalue weighted by molar-refractivity contribution is 5.93. The summed E-state index contributed by atoms with van der Waals surface area (Å²) in [6.07, 6.45) is 3.18. The van der Waals surface area contributed by atoms with E-state index in [9.17, 15) is 4.79 Å². The zero-order valence-corrected chi connectivity index (χ0v) is 14.7. The van der Waals surface area contributed by atoms with E-state index in [0.29, 0.717) is 43.0 Å². The lowest BCUT2D eigenvalue weighted by Gasteiger charge is -2.49. The van der Waals surface area contributed by atoms with E-state index in [2.05, 4.69) is 5.16 Å². The van der Waals surface area contributed by atoms with Crippen LogP contribution < -0.4 is 0 Å². The first-order valence-corrected chi connectivity index (χ1v) is 9.18. The number of carbonyl (C=O) groups excluding carboxylic acids is 1. The van der Waals surface area contributed by atoms with E-state index in [0.717, 1.165) is 45.7 Å². The predicted octanol–water partition coefficient (Wildman–Crippen LogP) is 1.66. The summed E-state index contributed by atoms with van der Waals surface area (Å²) >= 11 is 0. The molecule has 3 fully saturated rings. The number of rotatable bonds is 5. The zero-order chi connectivity index (χ0) is 17.3. The summed E-state index contributed by atoms with van der Waals surface area (Å²) in [6.45, 7) is 6.97. The Kier molecular flexibility index (Phi) is 4.80. The zero-order valence-electron chi connectivity index (χ0n) is 14.7. The van der Waals surface area contributed by atoms with Crippen LogP contribution in [0.4, 0.5) is 0 Å². The van der Waals surface area contributed by atoms with Crippen molar-refractivity contribution in [1.29, 1.82) is 0 Å². The van der Waals surface area contributed by atoms with Gasteiger partial charge >= 0.3 is 0 Å². The molecule has 7 heteroatoms. The van der Waals surface area contributed by atoms with Crippen molar-refractivity contribution >= 4 is 5.91 Å². The van der Waals surface area contributed by atoms with Gasteiger partial charge < -0.3 is 23.6 Å². The van der Waals surface area contributed by atoms with Crippen LogP contribution in [0.15, 0.2) is 10.6 Å².